The molecule has 0 fully saturated rings. The molecule has 1 aromatic carbocycles. The van der Waals surface area contributed by atoms with Crippen LogP contribution < -0.4 is 9.62 Å². The van der Waals surface area contributed by atoms with Crippen LogP contribution in [0.2, 0.25) is 0 Å². The number of aromatic nitrogens is 2. The van der Waals surface area contributed by atoms with Crippen molar-refractivity contribution in [3.63, 3.8) is 0 Å². The predicted octanol–water partition coefficient (Wildman–Crippen LogP) is 2.00. The van der Waals surface area contributed by atoms with Gasteiger partial charge in [-0.1, -0.05) is 12.7 Å². The van der Waals surface area contributed by atoms with Gasteiger partial charge in [0.1, 0.15) is 17.2 Å². The van der Waals surface area contributed by atoms with Gasteiger partial charge < -0.3 is 4.90 Å². The van der Waals surface area contributed by atoms with E-state index >= 15 is 0 Å². The molecule has 2 aromatic rings. The highest BCUT2D eigenvalue weighted by molar-refractivity contribution is 7.92. The van der Waals surface area contributed by atoms with Gasteiger partial charge in [-0.05, 0) is 12.1 Å². The summed E-state index contributed by atoms with van der Waals surface area (Å²) >= 11 is 0. The van der Waals surface area contributed by atoms with Crippen molar-refractivity contribution in [2.24, 2.45) is 0 Å². The quantitative estimate of drug-likeness (QED) is 0.759. The summed E-state index contributed by atoms with van der Waals surface area (Å²) in [7, 11) is -0.537. The van der Waals surface area contributed by atoms with E-state index in [1.807, 2.05) is 0 Å². The molecule has 1 heterocycles. The molecular formula is C15H16F2N4O3S. The van der Waals surface area contributed by atoms with E-state index in [1.165, 1.54) is 6.08 Å². The number of hydrogen-bond acceptors (Lipinski definition) is 5. The molecule has 0 saturated heterocycles. The molecule has 0 radical (unpaired) electrons. The smallest absolute Gasteiger partial charge is 0.230 e. The average Bonchev–Trinajstić information content (AvgIpc) is 2.94. The summed E-state index contributed by atoms with van der Waals surface area (Å²) in [5.41, 5.74) is -1.13. The molecule has 0 aliphatic carbocycles. The molecule has 134 valence electrons. The standard InChI is InChI=1S/C15H16F2N4O3S/c1-5-8-12(18-19-15(8)21(2)3)14(22)9-6-7-10(16)13(11(9)17)20-25(4,23)24/h5-7,20H,1H2,2-4H3,(H,18,19). The largest absolute Gasteiger partial charge is 0.361 e. The van der Waals surface area contributed by atoms with Crippen LogP contribution in [0.5, 0.6) is 0 Å². The van der Waals surface area contributed by atoms with E-state index in [0.717, 1.165) is 18.4 Å². The third-order valence-corrected chi connectivity index (χ3v) is 3.84. The second kappa shape index (κ2) is 6.63. The zero-order chi connectivity index (χ0) is 18.9. The highest BCUT2D eigenvalue weighted by Crippen LogP contribution is 2.27. The number of ketones is 1. The number of anilines is 2. The van der Waals surface area contributed by atoms with E-state index < -0.39 is 38.7 Å². The zero-order valence-electron chi connectivity index (χ0n) is 13.7. The second-order valence-corrected chi connectivity index (χ2v) is 7.17. The maximum absolute atomic E-state index is 14.5. The van der Waals surface area contributed by atoms with Gasteiger partial charge >= 0.3 is 0 Å². The molecule has 7 nitrogen and oxygen atoms in total. The van der Waals surface area contributed by atoms with Crippen LogP contribution >= 0.6 is 0 Å². The van der Waals surface area contributed by atoms with Crippen molar-refractivity contribution in [2.45, 2.75) is 0 Å². The summed E-state index contributed by atoms with van der Waals surface area (Å²) in [6, 6.07) is 1.74. The first kappa shape index (κ1) is 18.6. The van der Waals surface area contributed by atoms with Crippen molar-refractivity contribution >= 4 is 33.4 Å². The Morgan fingerprint density at radius 1 is 1.36 bits per heavy atom. The SMILES string of the molecule is C=Cc1c(N(C)C)n[nH]c1C(=O)c1ccc(F)c(NS(C)(=O)=O)c1F. The van der Waals surface area contributed by atoms with Crippen LogP contribution in [0.1, 0.15) is 21.6 Å². The molecule has 25 heavy (non-hydrogen) atoms. The lowest BCUT2D eigenvalue weighted by Gasteiger charge is -2.11. The Kier molecular flexibility index (Phi) is 4.93. The zero-order valence-corrected chi connectivity index (χ0v) is 14.5. The molecule has 0 spiro atoms. The van der Waals surface area contributed by atoms with Crippen LogP contribution in [-0.2, 0) is 10.0 Å². The van der Waals surface area contributed by atoms with E-state index in [0.29, 0.717) is 11.4 Å². The third kappa shape index (κ3) is 3.68. The fourth-order valence-corrected chi connectivity index (χ4v) is 2.75. The molecule has 0 amide bonds. The summed E-state index contributed by atoms with van der Waals surface area (Å²) < 4.78 is 52.6. The number of benzene rings is 1. The first-order valence-corrected chi connectivity index (χ1v) is 8.84. The maximum atomic E-state index is 14.5. The van der Waals surface area contributed by atoms with Crippen LogP contribution in [0.3, 0.4) is 0 Å². The Hall–Kier alpha value is -2.75. The van der Waals surface area contributed by atoms with Gasteiger partial charge in [0.2, 0.25) is 15.8 Å². The molecule has 10 heteroatoms. The van der Waals surface area contributed by atoms with Crippen molar-refractivity contribution < 1.29 is 22.0 Å². The molecule has 0 saturated carbocycles. The molecule has 0 bridgehead atoms. The number of nitrogens with one attached hydrogen (secondary N) is 2. The molecule has 0 atom stereocenters. The Labute approximate surface area is 143 Å². The number of hydrogen-bond donors (Lipinski definition) is 2. The lowest BCUT2D eigenvalue weighted by Crippen LogP contribution is -2.15. The topological polar surface area (TPSA) is 95.2 Å². The van der Waals surface area contributed by atoms with E-state index in [-0.39, 0.29) is 5.69 Å². The van der Waals surface area contributed by atoms with Crippen LogP contribution in [-0.4, -0.2) is 44.7 Å². The molecule has 0 aliphatic rings. The number of sulfonamides is 1. The van der Waals surface area contributed by atoms with E-state index in [1.54, 1.807) is 23.7 Å². The van der Waals surface area contributed by atoms with Crippen LogP contribution in [0.4, 0.5) is 20.3 Å². The highest BCUT2D eigenvalue weighted by Gasteiger charge is 2.25. The number of carbonyl (C=O) groups is 1. The normalized spacial score (nSPS) is 11.2. The Morgan fingerprint density at radius 3 is 2.52 bits per heavy atom. The minimum atomic E-state index is -3.93. The predicted molar refractivity (Wildman–Crippen MR) is 91.3 cm³/mol. The van der Waals surface area contributed by atoms with Crippen molar-refractivity contribution in [1.29, 1.82) is 0 Å². The first-order valence-electron chi connectivity index (χ1n) is 6.95. The van der Waals surface area contributed by atoms with Crippen LogP contribution in [0.25, 0.3) is 6.08 Å². The van der Waals surface area contributed by atoms with Crippen LogP contribution in [0.15, 0.2) is 18.7 Å². The van der Waals surface area contributed by atoms with Gasteiger partial charge in [-0.2, -0.15) is 5.10 Å². The van der Waals surface area contributed by atoms with Crippen molar-refractivity contribution in [3.8, 4) is 0 Å². The van der Waals surface area contributed by atoms with Gasteiger partial charge in [-0.15, -0.1) is 0 Å². The fraction of sp³-hybridized carbons (Fsp3) is 0.200. The minimum absolute atomic E-state index is 0.0467. The molecule has 1 aromatic heterocycles. The van der Waals surface area contributed by atoms with Gasteiger partial charge in [0.15, 0.2) is 11.6 Å². The van der Waals surface area contributed by atoms with Gasteiger partial charge in [-0.3, -0.25) is 14.6 Å². The van der Waals surface area contributed by atoms with Crippen molar-refractivity contribution in [2.75, 3.05) is 30.0 Å². The monoisotopic (exact) mass is 370 g/mol. The van der Waals surface area contributed by atoms with E-state index in [4.69, 9.17) is 0 Å². The van der Waals surface area contributed by atoms with Crippen molar-refractivity contribution in [1.82, 2.24) is 10.2 Å². The fourth-order valence-electron chi connectivity index (χ4n) is 2.19. The number of H-pyrrole nitrogens is 1. The average molecular weight is 370 g/mol. The molecule has 0 unspecified atom stereocenters. The highest BCUT2D eigenvalue weighted by atomic mass is 32.2. The van der Waals surface area contributed by atoms with Gasteiger partial charge in [0.05, 0.1) is 11.8 Å². The molecule has 2 N–H and O–H groups in total. The summed E-state index contributed by atoms with van der Waals surface area (Å²) in [6.45, 7) is 3.60. The van der Waals surface area contributed by atoms with Gasteiger partial charge in [0.25, 0.3) is 0 Å². The maximum Gasteiger partial charge on any atom is 0.230 e. The summed E-state index contributed by atoms with van der Waals surface area (Å²) in [4.78, 5) is 14.3. The summed E-state index contributed by atoms with van der Waals surface area (Å²) in [5, 5.41) is 6.47. The molecule has 0 aliphatic heterocycles. The van der Waals surface area contributed by atoms with E-state index in [2.05, 4.69) is 16.8 Å². The van der Waals surface area contributed by atoms with Crippen molar-refractivity contribution in [3.05, 3.63) is 47.2 Å². The number of aromatic amines is 1. The number of rotatable bonds is 6. The Bertz CT molecular complexity index is 952. The summed E-state index contributed by atoms with van der Waals surface area (Å²) in [5.74, 6) is -2.85. The van der Waals surface area contributed by atoms with Gasteiger partial charge in [-0.25, -0.2) is 17.2 Å². The van der Waals surface area contributed by atoms with E-state index in [9.17, 15) is 22.0 Å². The van der Waals surface area contributed by atoms with Crippen LogP contribution in [0, 0.1) is 11.6 Å². The third-order valence-electron chi connectivity index (χ3n) is 3.26. The number of halogens is 2. The Balaban J connectivity index is 2.58. The lowest BCUT2D eigenvalue weighted by molar-refractivity contribution is 0.103. The van der Waals surface area contributed by atoms with Gasteiger partial charge in [0, 0.05) is 19.7 Å². The number of nitrogens with zero attached hydrogens (tertiary/aromatic N) is 2. The second-order valence-electron chi connectivity index (χ2n) is 5.42. The molecular weight excluding hydrogens is 354 g/mol. The number of carbonyl (C=O) groups excluding carboxylic acids is 1. The first-order chi connectivity index (χ1) is 11.6. The Morgan fingerprint density at radius 2 is 2.00 bits per heavy atom. The summed E-state index contributed by atoms with van der Waals surface area (Å²) in [6.07, 6.45) is 2.12. The minimum Gasteiger partial charge on any atom is -0.361 e. The lowest BCUT2D eigenvalue weighted by atomic mass is 10.0. The molecule has 2 rings (SSSR count).